The van der Waals surface area contributed by atoms with Crippen molar-refractivity contribution in [3.8, 4) is 0 Å². The maximum absolute atomic E-state index is 5.60. The van der Waals surface area contributed by atoms with E-state index in [1.807, 2.05) is 0 Å². The number of nitrogens with zero attached hydrogens (tertiary/aromatic N) is 1. The Labute approximate surface area is 153 Å². The van der Waals surface area contributed by atoms with Gasteiger partial charge in [-0.1, -0.05) is 23.8 Å². The van der Waals surface area contributed by atoms with Gasteiger partial charge in [0, 0.05) is 45.4 Å². The van der Waals surface area contributed by atoms with Crippen molar-refractivity contribution in [3.05, 3.63) is 34.9 Å². The predicted molar refractivity (Wildman–Crippen MR) is 101 cm³/mol. The molecule has 0 saturated carbocycles. The fourth-order valence-electron chi connectivity index (χ4n) is 3.82. The molecule has 2 saturated heterocycles. The van der Waals surface area contributed by atoms with Crippen LogP contribution in [0.4, 0.5) is 0 Å². The van der Waals surface area contributed by atoms with Crippen LogP contribution in [0.1, 0.15) is 35.6 Å². The predicted octanol–water partition coefficient (Wildman–Crippen LogP) is 3.52. The van der Waals surface area contributed by atoms with E-state index in [-0.39, 0.29) is 24.8 Å². The number of aryl methyl sites for hydroxylation is 2. The molecule has 1 aromatic carbocycles. The Kier molecular flexibility index (Phi) is 8.88. The molecule has 1 atom stereocenters. The Balaban J connectivity index is 0.00000132. The number of hydrogen-bond donors (Lipinski definition) is 1. The summed E-state index contributed by atoms with van der Waals surface area (Å²) in [7, 11) is 0. The fraction of sp³-hybridized carbons (Fsp3) is 0.667. The molecule has 3 nitrogen and oxygen atoms in total. The van der Waals surface area contributed by atoms with Crippen molar-refractivity contribution in [2.75, 3.05) is 39.4 Å². The zero-order valence-electron chi connectivity index (χ0n) is 14.2. The second kappa shape index (κ2) is 9.85. The maximum Gasteiger partial charge on any atom is 0.0469 e. The van der Waals surface area contributed by atoms with Gasteiger partial charge in [0.1, 0.15) is 0 Å². The van der Waals surface area contributed by atoms with Crippen LogP contribution in [0.5, 0.6) is 0 Å². The lowest BCUT2D eigenvalue weighted by Gasteiger charge is -2.41. The molecule has 2 fully saturated rings. The van der Waals surface area contributed by atoms with Crippen LogP contribution in [0.25, 0.3) is 0 Å². The number of benzene rings is 1. The van der Waals surface area contributed by atoms with Gasteiger partial charge < -0.3 is 10.1 Å². The molecule has 0 aliphatic carbocycles. The monoisotopic (exact) mass is 360 g/mol. The average molecular weight is 361 g/mol. The van der Waals surface area contributed by atoms with Crippen molar-refractivity contribution in [3.63, 3.8) is 0 Å². The van der Waals surface area contributed by atoms with Crippen LogP contribution in [0.3, 0.4) is 0 Å². The molecule has 2 aliphatic rings. The van der Waals surface area contributed by atoms with Gasteiger partial charge in [-0.2, -0.15) is 0 Å². The molecular formula is C18H30Cl2N2O. The highest BCUT2D eigenvalue weighted by molar-refractivity contribution is 5.85. The zero-order valence-corrected chi connectivity index (χ0v) is 15.8. The molecule has 0 radical (unpaired) electrons. The molecule has 132 valence electrons. The van der Waals surface area contributed by atoms with E-state index in [4.69, 9.17) is 4.74 Å². The van der Waals surface area contributed by atoms with E-state index >= 15 is 0 Å². The van der Waals surface area contributed by atoms with E-state index in [0.717, 1.165) is 45.3 Å². The third-order valence-corrected chi connectivity index (χ3v) is 5.01. The lowest BCUT2D eigenvalue weighted by atomic mass is 9.83. The third kappa shape index (κ3) is 5.07. The molecule has 2 heterocycles. The number of halogens is 2. The summed E-state index contributed by atoms with van der Waals surface area (Å²) in [5.41, 5.74) is 4.36. The number of ether oxygens (including phenoxy) is 1. The minimum Gasteiger partial charge on any atom is -0.381 e. The van der Waals surface area contributed by atoms with Crippen molar-refractivity contribution in [2.24, 2.45) is 5.92 Å². The number of nitrogens with one attached hydrogen (secondary N) is 1. The van der Waals surface area contributed by atoms with Crippen LogP contribution in [-0.2, 0) is 4.74 Å². The summed E-state index contributed by atoms with van der Waals surface area (Å²) in [6.45, 7) is 10.9. The van der Waals surface area contributed by atoms with E-state index in [9.17, 15) is 0 Å². The second-order valence-corrected chi connectivity index (χ2v) is 6.54. The van der Waals surface area contributed by atoms with Crippen LogP contribution in [-0.4, -0.2) is 44.3 Å². The number of rotatable bonds is 3. The van der Waals surface area contributed by atoms with E-state index in [2.05, 4.69) is 42.3 Å². The SMILES string of the molecule is Cc1ccc(C)c([C@H](C2CCOCC2)N2CCNCC2)c1.Cl.Cl. The molecular weight excluding hydrogens is 331 g/mol. The lowest BCUT2D eigenvalue weighted by Crippen LogP contribution is -2.47. The van der Waals surface area contributed by atoms with Gasteiger partial charge >= 0.3 is 0 Å². The summed E-state index contributed by atoms with van der Waals surface area (Å²) >= 11 is 0. The number of piperazine rings is 1. The molecule has 0 aromatic heterocycles. The quantitative estimate of drug-likeness (QED) is 0.892. The van der Waals surface area contributed by atoms with Crippen LogP contribution in [0, 0.1) is 19.8 Å². The van der Waals surface area contributed by atoms with E-state index in [1.165, 1.54) is 24.0 Å². The molecule has 0 spiro atoms. The first-order valence-electron chi connectivity index (χ1n) is 8.35. The highest BCUT2D eigenvalue weighted by atomic mass is 35.5. The summed E-state index contributed by atoms with van der Waals surface area (Å²) in [5, 5.41) is 3.48. The molecule has 3 rings (SSSR count). The minimum absolute atomic E-state index is 0. The first kappa shape index (κ1) is 20.7. The maximum atomic E-state index is 5.60. The van der Waals surface area contributed by atoms with Gasteiger partial charge in [-0.3, -0.25) is 4.90 Å². The molecule has 1 N–H and O–H groups in total. The molecule has 0 bridgehead atoms. The molecule has 1 aromatic rings. The molecule has 0 unspecified atom stereocenters. The normalized spacial score (nSPS) is 21.1. The molecule has 5 heteroatoms. The summed E-state index contributed by atoms with van der Waals surface area (Å²) < 4.78 is 5.60. The Bertz CT molecular complexity index is 454. The third-order valence-electron chi connectivity index (χ3n) is 5.01. The minimum atomic E-state index is 0. The zero-order chi connectivity index (χ0) is 14.7. The first-order valence-corrected chi connectivity index (χ1v) is 8.35. The fourth-order valence-corrected chi connectivity index (χ4v) is 3.82. The highest BCUT2D eigenvalue weighted by Gasteiger charge is 2.32. The molecule has 2 aliphatic heterocycles. The highest BCUT2D eigenvalue weighted by Crippen LogP contribution is 2.37. The molecule has 0 amide bonds. The van der Waals surface area contributed by atoms with E-state index in [0.29, 0.717) is 6.04 Å². The van der Waals surface area contributed by atoms with Crippen LogP contribution < -0.4 is 5.32 Å². The van der Waals surface area contributed by atoms with E-state index in [1.54, 1.807) is 5.56 Å². The largest absolute Gasteiger partial charge is 0.381 e. The van der Waals surface area contributed by atoms with Crippen LogP contribution in [0.2, 0.25) is 0 Å². The summed E-state index contributed by atoms with van der Waals surface area (Å²) in [5.74, 6) is 0.734. The van der Waals surface area contributed by atoms with Crippen molar-refractivity contribution in [1.82, 2.24) is 10.2 Å². The van der Waals surface area contributed by atoms with E-state index < -0.39 is 0 Å². The van der Waals surface area contributed by atoms with Gasteiger partial charge in [-0.15, -0.1) is 24.8 Å². The summed E-state index contributed by atoms with van der Waals surface area (Å²) in [4.78, 5) is 2.70. The van der Waals surface area contributed by atoms with Gasteiger partial charge in [0.15, 0.2) is 0 Å². The average Bonchev–Trinajstić information content (AvgIpc) is 2.53. The Morgan fingerprint density at radius 1 is 1.09 bits per heavy atom. The van der Waals surface area contributed by atoms with Crippen LogP contribution in [0.15, 0.2) is 18.2 Å². The molecule has 23 heavy (non-hydrogen) atoms. The summed E-state index contributed by atoms with van der Waals surface area (Å²) in [6, 6.07) is 7.50. The van der Waals surface area contributed by atoms with Crippen molar-refractivity contribution in [2.45, 2.75) is 32.7 Å². The summed E-state index contributed by atoms with van der Waals surface area (Å²) in [6.07, 6.45) is 2.39. The number of hydrogen-bond acceptors (Lipinski definition) is 3. The second-order valence-electron chi connectivity index (χ2n) is 6.54. The van der Waals surface area contributed by atoms with Crippen LogP contribution >= 0.6 is 24.8 Å². The Morgan fingerprint density at radius 2 is 1.74 bits per heavy atom. The van der Waals surface area contributed by atoms with Crippen molar-refractivity contribution in [1.29, 1.82) is 0 Å². The van der Waals surface area contributed by atoms with Gasteiger partial charge in [-0.05, 0) is 43.7 Å². The lowest BCUT2D eigenvalue weighted by molar-refractivity contribution is 0.0211. The van der Waals surface area contributed by atoms with Gasteiger partial charge in [-0.25, -0.2) is 0 Å². The van der Waals surface area contributed by atoms with Crippen molar-refractivity contribution >= 4 is 24.8 Å². The Morgan fingerprint density at radius 3 is 2.39 bits per heavy atom. The standard InChI is InChI=1S/C18H28N2O.2ClH/c1-14-3-4-15(2)17(13-14)18(16-5-11-21-12-6-16)20-9-7-19-8-10-20;;/h3-4,13,16,18-19H,5-12H2,1-2H3;2*1H/t18-;;/m0../s1. The smallest absolute Gasteiger partial charge is 0.0469 e. The van der Waals surface area contributed by atoms with Gasteiger partial charge in [0.25, 0.3) is 0 Å². The topological polar surface area (TPSA) is 24.5 Å². The van der Waals surface area contributed by atoms with Gasteiger partial charge in [0.05, 0.1) is 0 Å². The first-order chi connectivity index (χ1) is 10.3. The Hall–Kier alpha value is -0.320. The van der Waals surface area contributed by atoms with Gasteiger partial charge in [0.2, 0.25) is 0 Å². The van der Waals surface area contributed by atoms with Crippen molar-refractivity contribution < 1.29 is 4.74 Å².